The van der Waals surface area contributed by atoms with Crippen LogP contribution in [0.4, 0.5) is 4.79 Å². The Morgan fingerprint density at radius 1 is 1.06 bits per heavy atom. The van der Waals surface area contributed by atoms with E-state index in [9.17, 15) is 4.79 Å². The lowest BCUT2D eigenvalue weighted by atomic mass is 9.77. The van der Waals surface area contributed by atoms with Gasteiger partial charge in [-0.25, -0.2) is 4.79 Å². The van der Waals surface area contributed by atoms with Crippen LogP contribution in [0, 0.1) is 6.92 Å². The van der Waals surface area contributed by atoms with Crippen molar-refractivity contribution in [3.63, 3.8) is 0 Å². The Kier molecular flexibility index (Phi) is 7.31. The molecule has 0 bridgehead atoms. The Morgan fingerprint density at radius 3 is 2.34 bits per heavy atom. The fourth-order valence-electron chi connectivity index (χ4n) is 3.31. The van der Waals surface area contributed by atoms with Crippen molar-refractivity contribution in [2.45, 2.75) is 52.4 Å². The van der Waals surface area contributed by atoms with E-state index in [1.165, 1.54) is 0 Å². The number of methoxy groups -OCH3 is 1. The van der Waals surface area contributed by atoms with Crippen molar-refractivity contribution >= 4 is 19.3 Å². The number of amides is 1. The molecule has 1 heterocycles. The maximum atomic E-state index is 12.4. The molecule has 32 heavy (non-hydrogen) atoms. The van der Waals surface area contributed by atoms with Gasteiger partial charge in [0.1, 0.15) is 12.4 Å². The first kappa shape index (κ1) is 23.9. The SMILES string of the molecule is COc1ccc(C)cc1C=C(CNC(=O)OCc1ccccc1)B1OC(C)(C)C(C)(C)O1. The van der Waals surface area contributed by atoms with Gasteiger partial charge in [0.15, 0.2) is 0 Å². The summed E-state index contributed by atoms with van der Waals surface area (Å²) >= 11 is 0. The quantitative estimate of drug-likeness (QED) is 0.622. The van der Waals surface area contributed by atoms with E-state index < -0.39 is 24.4 Å². The number of nitrogens with one attached hydrogen (secondary N) is 1. The molecule has 0 saturated carbocycles. The molecular weight excluding hydrogens is 405 g/mol. The highest BCUT2D eigenvalue weighted by Crippen LogP contribution is 2.39. The van der Waals surface area contributed by atoms with Crippen molar-refractivity contribution in [3.05, 3.63) is 70.7 Å². The molecule has 1 aliphatic rings. The highest BCUT2D eigenvalue weighted by atomic mass is 16.7. The van der Waals surface area contributed by atoms with Gasteiger partial charge >= 0.3 is 13.2 Å². The van der Waals surface area contributed by atoms with Gasteiger partial charge in [0.05, 0.1) is 18.3 Å². The van der Waals surface area contributed by atoms with Crippen LogP contribution in [0.25, 0.3) is 6.08 Å². The summed E-state index contributed by atoms with van der Waals surface area (Å²) in [6, 6.07) is 15.5. The third-order valence-corrected chi connectivity index (χ3v) is 5.93. The second-order valence-corrected chi connectivity index (χ2v) is 8.97. The van der Waals surface area contributed by atoms with E-state index in [-0.39, 0.29) is 13.2 Å². The van der Waals surface area contributed by atoms with E-state index in [4.69, 9.17) is 18.8 Å². The van der Waals surface area contributed by atoms with E-state index >= 15 is 0 Å². The van der Waals surface area contributed by atoms with Gasteiger partial charge in [-0.05, 0) is 57.8 Å². The van der Waals surface area contributed by atoms with Crippen LogP contribution in [0.3, 0.4) is 0 Å². The Bertz CT molecular complexity index is 956. The van der Waals surface area contributed by atoms with E-state index in [0.717, 1.165) is 27.9 Å². The number of ether oxygens (including phenoxy) is 2. The molecule has 0 aliphatic carbocycles. The second-order valence-electron chi connectivity index (χ2n) is 8.97. The van der Waals surface area contributed by atoms with Gasteiger partial charge in [0.25, 0.3) is 0 Å². The van der Waals surface area contributed by atoms with E-state index in [0.29, 0.717) is 0 Å². The van der Waals surface area contributed by atoms with Gasteiger partial charge in [0.2, 0.25) is 0 Å². The molecule has 2 aromatic carbocycles. The van der Waals surface area contributed by atoms with Gasteiger partial charge in [-0.1, -0.05) is 48.0 Å². The van der Waals surface area contributed by atoms with Crippen LogP contribution in [-0.2, 0) is 20.7 Å². The maximum Gasteiger partial charge on any atom is 0.492 e. The molecule has 170 valence electrons. The summed E-state index contributed by atoms with van der Waals surface area (Å²) in [6.07, 6.45) is 1.44. The van der Waals surface area contributed by atoms with Gasteiger partial charge in [-0.2, -0.15) is 0 Å². The lowest BCUT2D eigenvalue weighted by Gasteiger charge is -2.32. The molecule has 7 heteroatoms. The topological polar surface area (TPSA) is 66.0 Å². The molecule has 0 spiro atoms. The van der Waals surface area contributed by atoms with Crippen LogP contribution in [0.15, 0.2) is 54.0 Å². The van der Waals surface area contributed by atoms with Gasteiger partial charge in [0, 0.05) is 12.1 Å². The molecule has 1 amide bonds. The van der Waals surface area contributed by atoms with E-state index in [2.05, 4.69) is 5.32 Å². The van der Waals surface area contributed by atoms with Crippen molar-refractivity contribution in [1.82, 2.24) is 5.32 Å². The summed E-state index contributed by atoms with van der Waals surface area (Å²) in [6.45, 7) is 10.4. The molecule has 1 saturated heterocycles. The smallest absolute Gasteiger partial charge is 0.492 e. The Morgan fingerprint density at radius 2 is 1.72 bits per heavy atom. The molecule has 0 atom stereocenters. The van der Waals surface area contributed by atoms with Crippen LogP contribution in [-0.4, -0.2) is 38.1 Å². The van der Waals surface area contributed by atoms with Crippen molar-refractivity contribution in [2.75, 3.05) is 13.7 Å². The zero-order valence-electron chi connectivity index (χ0n) is 19.7. The number of hydrogen-bond donors (Lipinski definition) is 1. The summed E-state index contributed by atoms with van der Waals surface area (Å²) in [5.41, 5.74) is 2.68. The third-order valence-electron chi connectivity index (χ3n) is 5.93. The minimum Gasteiger partial charge on any atom is -0.496 e. The van der Waals surface area contributed by atoms with Crippen LogP contribution in [0.1, 0.15) is 44.4 Å². The molecule has 2 aromatic rings. The van der Waals surface area contributed by atoms with Crippen molar-refractivity contribution in [3.8, 4) is 5.75 Å². The van der Waals surface area contributed by atoms with Crippen molar-refractivity contribution in [2.24, 2.45) is 0 Å². The van der Waals surface area contributed by atoms with Crippen LogP contribution < -0.4 is 10.1 Å². The van der Waals surface area contributed by atoms with Gasteiger partial charge < -0.3 is 24.1 Å². The number of aryl methyl sites for hydroxylation is 1. The van der Waals surface area contributed by atoms with Crippen LogP contribution in [0.2, 0.25) is 0 Å². The first-order valence-electron chi connectivity index (χ1n) is 10.8. The number of carbonyl (C=O) groups excluding carboxylic acids is 1. The molecule has 1 N–H and O–H groups in total. The molecule has 0 aromatic heterocycles. The number of hydrogen-bond acceptors (Lipinski definition) is 5. The summed E-state index contributed by atoms with van der Waals surface area (Å²) in [5.74, 6) is 0.733. The number of carbonyl (C=O) groups is 1. The Hall–Kier alpha value is -2.77. The number of alkyl carbamates (subject to hydrolysis) is 1. The minimum absolute atomic E-state index is 0.202. The fraction of sp³-hybridized carbons (Fsp3) is 0.400. The summed E-state index contributed by atoms with van der Waals surface area (Å²) in [7, 11) is 1.02. The number of rotatable bonds is 7. The highest BCUT2D eigenvalue weighted by Gasteiger charge is 2.52. The number of benzene rings is 2. The zero-order valence-corrected chi connectivity index (χ0v) is 19.7. The zero-order chi connectivity index (χ0) is 23.4. The standard InChI is InChI=1S/C25H32BNO5/c1-18-12-13-22(29-6)20(14-18)15-21(26-31-24(2,3)25(4,5)32-26)16-27-23(28)30-17-19-10-8-7-9-11-19/h7-15H,16-17H2,1-6H3,(H,27,28). The predicted octanol–water partition coefficient (Wildman–Crippen LogP) is 4.94. The minimum atomic E-state index is -0.611. The molecule has 1 fully saturated rings. The average Bonchev–Trinajstić information content (AvgIpc) is 2.97. The molecule has 6 nitrogen and oxygen atoms in total. The first-order valence-corrected chi connectivity index (χ1v) is 10.8. The molecule has 0 radical (unpaired) electrons. The Balaban J connectivity index is 1.78. The summed E-state index contributed by atoms with van der Waals surface area (Å²) < 4.78 is 23.4. The predicted molar refractivity (Wildman–Crippen MR) is 126 cm³/mol. The van der Waals surface area contributed by atoms with E-state index in [1.807, 2.05) is 89.2 Å². The maximum absolute atomic E-state index is 12.4. The average molecular weight is 437 g/mol. The van der Waals surface area contributed by atoms with Crippen molar-refractivity contribution < 1.29 is 23.6 Å². The van der Waals surface area contributed by atoms with Crippen LogP contribution >= 0.6 is 0 Å². The third kappa shape index (κ3) is 5.72. The fourth-order valence-corrected chi connectivity index (χ4v) is 3.31. The second kappa shape index (κ2) is 9.80. The lowest BCUT2D eigenvalue weighted by molar-refractivity contribution is 0.00578. The van der Waals surface area contributed by atoms with Gasteiger partial charge in [-0.15, -0.1) is 0 Å². The van der Waals surface area contributed by atoms with E-state index in [1.54, 1.807) is 7.11 Å². The Labute approximate surface area is 191 Å². The summed E-state index contributed by atoms with van der Waals surface area (Å²) in [4.78, 5) is 12.4. The highest BCUT2D eigenvalue weighted by molar-refractivity contribution is 6.56. The van der Waals surface area contributed by atoms with Gasteiger partial charge in [-0.3, -0.25) is 0 Å². The molecule has 3 rings (SSSR count). The molecular formula is C25H32BNO5. The first-order chi connectivity index (χ1) is 15.1. The van der Waals surface area contributed by atoms with Crippen molar-refractivity contribution in [1.29, 1.82) is 0 Å². The largest absolute Gasteiger partial charge is 0.496 e. The van der Waals surface area contributed by atoms with Crippen LogP contribution in [0.5, 0.6) is 5.75 Å². The normalized spacial score (nSPS) is 17.2. The summed E-state index contributed by atoms with van der Waals surface area (Å²) in [5, 5.41) is 2.83. The molecule has 0 unspecified atom stereocenters. The monoisotopic (exact) mass is 437 g/mol. The molecule has 1 aliphatic heterocycles. The lowest BCUT2D eigenvalue weighted by Crippen LogP contribution is -2.41.